The summed E-state index contributed by atoms with van der Waals surface area (Å²) in [5, 5.41) is 4.01. The van der Waals surface area contributed by atoms with Gasteiger partial charge in [-0.2, -0.15) is 11.3 Å². The lowest BCUT2D eigenvalue weighted by atomic mass is 10.2. The van der Waals surface area contributed by atoms with Gasteiger partial charge in [-0.3, -0.25) is 14.5 Å². The minimum absolute atomic E-state index is 0.203. The number of amides is 2. The van der Waals surface area contributed by atoms with Gasteiger partial charge in [0.2, 0.25) is 0 Å². The maximum atomic E-state index is 11.2. The quantitative estimate of drug-likeness (QED) is 0.699. The van der Waals surface area contributed by atoms with Gasteiger partial charge in [-0.15, -0.1) is 0 Å². The molecule has 0 spiro atoms. The van der Waals surface area contributed by atoms with Crippen molar-refractivity contribution in [2.75, 3.05) is 6.54 Å². The van der Waals surface area contributed by atoms with E-state index in [1.807, 2.05) is 16.8 Å². The molecule has 1 aliphatic rings. The average Bonchev–Trinajstić information content (AvgIpc) is 2.76. The number of carbonyl (C=O) groups is 2. The van der Waals surface area contributed by atoms with Crippen molar-refractivity contribution in [1.82, 2.24) is 4.90 Å². The molecule has 0 radical (unpaired) electrons. The van der Waals surface area contributed by atoms with Crippen LogP contribution < -0.4 is 0 Å². The highest BCUT2D eigenvalue weighted by Gasteiger charge is 2.22. The summed E-state index contributed by atoms with van der Waals surface area (Å²) in [5.41, 5.74) is 1.17. The summed E-state index contributed by atoms with van der Waals surface area (Å²) < 4.78 is 0. The van der Waals surface area contributed by atoms with Crippen LogP contribution in [0.5, 0.6) is 0 Å². The highest BCUT2D eigenvalue weighted by molar-refractivity contribution is 7.07. The van der Waals surface area contributed by atoms with Crippen LogP contribution in [0.25, 0.3) is 0 Å². The van der Waals surface area contributed by atoms with E-state index in [1.54, 1.807) is 11.3 Å². The first kappa shape index (κ1) is 9.15. The Morgan fingerprint density at radius 2 is 1.93 bits per heavy atom. The second-order valence-electron chi connectivity index (χ2n) is 3.04. The minimum atomic E-state index is -0.203. The average molecular weight is 207 g/mol. The Morgan fingerprint density at radius 3 is 2.50 bits per heavy atom. The summed E-state index contributed by atoms with van der Waals surface area (Å²) in [4.78, 5) is 23.6. The smallest absolute Gasteiger partial charge is 0.253 e. The van der Waals surface area contributed by atoms with Crippen molar-refractivity contribution in [1.29, 1.82) is 0 Å². The molecule has 0 aliphatic carbocycles. The molecule has 0 atom stereocenters. The van der Waals surface area contributed by atoms with Crippen LogP contribution in [0.15, 0.2) is 29.0 Å². The molecule has 0 saturated heterocycles. The Labute approximate surface area is 85.6 Å². The SMILES string of the molecule is O=C1C=CC(=O)N1CCc1ccsc1. The lowest BCUT2D eigenvalue weighted by molar-refractivity contribution is -0.136. The molecule has 1 aromatic rings. The Hall–Kier alpha value is -1.42. The van der Waals surface area contributed by atoms with E-state index in [0.717, 1.165) is 6.42 Å². The van der Waals surface area contributed by atoms with Crippen molar-refractivity contribution < 1.29 is 9.59 Å². The third-order valence-corrected chi connectivity index (χ3v) is 2.84. The molecule has 2 rings (SSSR count). The van der Waals surface area contributed by atoms with Gasteiger partial charge in [0.25, 0.3) is 11.8 Å². The third-order valence-electron chi connectivity index (χ3n) is 2.10. The van der Waals surface area contributed by atoms with E-state index in [0.29, 0.717) is 6.54 Å². The van der Waals surface area contributed by atoms with Crippen molar-refractivity contribution >= 4 is 23.2 Å². The number of hydrogen-bond acceptors (Lipinski definition) is 3. The molecule has 2 amide bonds. The van der Waals surface area contributed by atoms with Crippen LogP contribution in [0.3, 0.4) is 0 Å². The Morgan fingerprint density at radius 1 is 1.21 bits per heavy atom. The van der Waals surface area contributed by atoms with Crippen LogP contribution >= 0.6 is 11.3 Å². The van der Waals surface area contributed by atoms with Gasteiger partial charge in [0.05, 0.1) is 0 Å². The van der Waals surface area contributed by atoms with E-state index in [9.17, 15) is 9.59 Å². The lowest BCUT2D eigenvalue weighted by Gasteiger charge is -2.12. The molecule has 3 nitrogen and oxygen atoms in total. The molecular formula is C10H9NO2S. The van der Waals surface area contributed by atoms with E-state index in [-0.39, 0.29) is 11.8 Å². The fraction of sp³-hybridized carbons (Fsp3) is 0.200. The number of rotatable bonds is 3. The fourth-order valence-corrected chi connectivity index (χ4v) is 2.03. The van der Waals surface area contributed by atoms with Crippen molar-refractivity contribution in [2.24, 2.45) is 0 Å². The molecule has 1 aromatic heterocycles. The second-order valence-corrected chi connectivity index (χ2v) is 3.82. The normalized spacial score (nSPS) is 15.6. The third kappa shape index (κ3) is 1.75. The van der Waals surface area contributed by atoms with Gasteiger partial charge in [-0.05, 0) is 28.8 Å². The molecule has 0 unspecified atom stereocenters. The summed E-state index contributed by atoms with van der Waals surface area (Å²) >= 11 is 1.62. The van der Waals surface area contributed by atoms with Gasteiger partial charge in [-0.25, -0.2) is 0 Å². The van der Waals surface area contributed by atoms with Gasteiger partial charge in [0.15, 0.2) is 0 Å². The zero-order valence-corrected chi connectivity index (χ0v) is 8.29. The standard InChI is InChI=1S/C10H9NO2S/c12-9-1-2-10(13)11(9)5-3-8-4-6-14-7-8/h1-2,4,6-7H,3,5H2. The molecule has 4 heteroatoms. The minimum Gasteiger partial charge on any atom is -0.275 e. The van der Waals surface area contributed by atoms with E-state index >= 15 is 0 Å². The molecule has 72 valence electrons. The van der Waals surface area contributed by atoms with E-state index in [2.05, 4.69) is 0 Å². The van der Waals surface area contributed by atoms with Crippen LogP contribution in [0.2, 0.25) is 0 Å². The summed E-state index contributed by atoms with van der Waals surface area (Å²) in [6.07, 6.45) is 3.37. The van der Waals surface area contributed by atoms with Gasteiger partial charge < -0.3 is 0 Å². The number of imide groups is 1. The second kappa shape index (κ2) is 3.75. The van der Waals surface area contributed by atoms with Crippen LogP contribution in [0, 0.1) is 0 Å². The summed E-state index contributed by atoms with van der Waals surface area (Å²) in [5.74, 6) is -0.407. The van der Waals surface area contributed by atoms with Crippen molar-refractivity contribution in [3.63, 3.8) is 0 Å². The van der Waals surface area contributed by atoms with E-state index < -0.39 is 0 Å². The first-order chi connectivity index (χ1) is 6.77. The highest BCUT2D eigenvalue weighted by Crippen LogP contribution is 2.09. The predicted molar refractivity (Wildman–Crippen MR) is 53.9 cm³/mol. The van der Waals surface area contributed by atoms with Crippen molar-refractivity contribution in [2.45, 2.75) is 6.42 Å². The van der Waals surface area contributed by atoms with Gasteiger partial charge in [-0.1, -0.05) is 0 Å². The summed E-state index contributed by atoms with van der Waals surface area (Å²) in [7, 11) is 0. The zero-order valence-electron chi connectivity index (χ0n) is 7.47. The summed E-state index contributed by atoms with van der Waals surface area (Å²) in [6, 6.07) is 2.00. The molecule has 1 aliphatic heterocycles. The van der Waals surface area contributed by atoms with Crippen molar-refractivity contribution in [3.05, 3.63) is 34.5 Å². The topological polar surface area (TPSA) is 37.4 Å². The number of nitrogens with zero attached hydrogens (tertiary/aromatic N) is 1. The molecule has 0 N–H and O–H groups in total. The van der Waals surface area contributed by atoms with E-state index in [1.165, 1.54) is 22.6 Å². The number of carbonyl (C=O) groups excluding carboxylic acids is 2. The van der Waals surface area contributed by atoms with Gasteiger partial charge in [0, 0.05) is 18.7 Å². The maximum absolute atomic E-state index is 11.2. The van der Waals surface area contributed by atoms with E-state index in [4.69, 9.17) is 0 Å². The number of thiophene rings is 1. The molecule has 0 aromatic carbocycles. The maximum Gasteiger partial charge on any atom is 0.253 e. The zero-order chi connectivity index (χ0) is 9.97. The molecule has 0 fully saturated rings. The monoisotopic (exact) mass is 207 g/mol. The predicted octanol–water partition coefficient (Wildman–Crippen LogP) is 1.22. The molecule has 14 heavy (non-hydrogen) atoms. The highest BCUT2D eigenvalue weighted by atomic mass is 32.1. The molecule has 0 bridgehead atoms. The summed E-state index contributed by atoms with van der Waals surface area (Å²) in [6.45, 7) is 0.474. The van der Waals surface area contributed by atoms with Crippen LogP contribution in [-0.2, 0) is 16.0 Å². The van der Waals surface area contributed by atoms with Gasteiger partial charge >= 0.3 is 0 Å². The Kier molecular flexibility index (Phi) is 2.45. The number of hydrogen-bond donors (Lipinski definition) is 0. The fourth-order valence-electron chi connectivity index (χ4n) is 1.33. The molecular weight excluding hydrogens is 198 g/mol. The van der Waals surface area contributed by atoms with Crippen molar-refractivity contribution in [3.8, 4) is 0 Å². The van der Waals surface area contributed by atoms with Crippen LogP contribution in [0.1, 0.15) is 5.56 Å². The lowest BCUT2D eigenvalue weighted by Crippen LogP contribution is -2.31. The first-order valence-electron chi connectivity index (χ1n) is 4.32. The van der Waals surface area contributed by atoms with Crippen LogP contribution in [0.4, 0.5) is 0 Å². The van der Waals surface area contributed by atoms with Gasteiger partial charge in [0.1, 0.15) is 0 Å². The molecule has 2 heterocycles. The first-order valence-corrected chi connectivity index (χ1v) is 5.26. The largest absolute Gasteiger partial charge is 0.275 e. The Balaban J connectivity index is 1.93. The Bertz CT molecular complexity index is 363. The van der Waals surface area contributed by atoms with Crippen LogP contribution in [-0.4, -0.2) is 23.3 Å². The molecule has 0 saturated carbocycles.